The number of rotatable bonds is 7. The number of aromatic nitrogens is 1. The van der Waals surface area contributed by atoms with E-state index in [2.05, 4.69) is 33.8 Å². The maximum absolute atomic E-state index is 13.3. The van der Waals surface area contributed by atoms with Gasteiger partial charge in [0.1, 0.15) is 5.75 Å². The summed E-state index contributed by atoms with van der Waals surface area (Å²) in [6.45, 7) is 7.44. The molecule has 0 spiro atoms. The Morgan fingerprint density at radius 1 is 1.06 bits per heavy atom. The monoisotopic (exact) mass is 421 g/mol. The van der Waals surface area contributed by atoms with E-state index in [1.165, 1.54) is 5.56 Å². The van der Waals surface area contributed by atoms with E-state index in [1.54, 1.807) is 0 Å². The highest BCUT2D eigenvalue weighted by Gasteiger charge is 2.32. The molecule has 0 radical (unpaired) electrons. The molecule has 166 valence electrons. The third kappa shape index (κ3) is 6.07. The van der Waals surface area contributed by atoms with Gasteiger partial charge in [0, 0.05) is 50.4 Å². The zero-order valence-electron chi connectivity index (χ0n) is 18.7. The number of hydrogen-bond donors (Lipinski definition) is 0. The fourth-order valence-corrected chi connectivity index (χ4v) is 4.86. The average molecular weight is 422 g/mol. The van der Waals surface area contributed by atoms with Crippen molar-refractivity contribution >= 4 is 5.91 Å². The predicted octanol–water partition coefficient (Wildman–Crippen LogP) is 3.96. The first-order chi connectivity index (χ1) is 15.2. The predicted molar refractivity (Wildman–Crippen MR) is 123 cm³/mol. The van der Waals surface area contributed by atoms with Crippen LogP contribution >= 0.6 is 0 Å². The zero-order chi connectivity index (χ0) is 21.5. The Hall–Kier alpha value is -2.40. The third-order valence-corrected chi connectivity index (χ3v) is 6.66. The maximum Gasteiger partial charge on any atom is 0.226 e. The van der Waals surface area contributed by atoms with E-state index in [9.17, 15) is 4.79 Å². The molecule has 2 atom stereocenters. The molecule has 0 aliphatic carbocycles. The van der Waals surface area contributed by atoms with Crippen molar-refractivity contribution in [3.63, 3.8) is 0 Å². The summed E-state index contributed by atoms with van der Waals surface area (Å²) in [6, 6.07) is 14.2. The van der Waals surface area contributed by atoms with E-state index >= 15 is 0 Å². The summed E-state index contributed by atoms with van der Waals surface area (Å²) in [5.41, 5.74) is 2.29. The number of para-hydroxylation sites is 1. The summed E-state index contributed by atoms with van der Waals surface area (Å²) in [4.78, 5) is 22.3. The standard InChI is InChI=1S/C26H35N3O2/c1-21-8-2-3-12-25(21)31-20-22-9-6-16-29(18-22)26(30)23-10-7-15-28(19-23)17-13-24-11-4-5-14-27-24/h2-5,8,11-12,14,22-23H,6-7,9-10,13,15-20H2,1H3/t22-,23-/m0/s1. The molecule has 1 aromatic carbocycles. The highest BCUT2D eigenvalue weighted by Crippen LogP contribution is 2.25. The molecule has 0 saturated carbocycles. The topological polar surface area (TPSA) is 45.7 Å². The first-order valence-corrected chi connectivity index (χ1v) is 11.8. The van der Waals surface area contributed by atoms with Crippen LogP contribution in [0.1, 0.15) is 36.9 Å². The number of carbonyl (C=O) groups excluding carboxylic acids is 1. The molecule has 5 heteroatoms. The molecule has 2 aliphatic heterocycles. The van der Waals surface area contributed by atoms with Gasteiger partial charge in [-0.3, -0.25) is 9.78 Å². The van der Waals surface area contributed by atoms with Gasteiger partial charge in [-0.05, 0) is 62.9 Å². The average Bonchev–Trinajstić information content (AvgIpc) is 2.83. The van der Waals surface area contributed by atoms with E-state index in [0.29, 0.717) is 18.4 Å². The number of amides is 1. The summed E-state index contributed by atoms with van der Waals surface area (Å²) >= 11 is 0. The van der Waals surface area contributed by atoms with Crippen molar-refractivity contribution in [1.29, 1.82) is 0 Å². The number of pyridine rings is 1. The second kappa shape index (κ2) is 10.8. The van der Waals surface area contributed by atoms with Gasteiger partial charge in [0.2, 0.25) is 5.91 Å². The van der Waals surface area contributed by atoms with E-state index in [-0.39, 0.29) is 5.92 Å². The Morgan fingerprint density at radius 3 is 2.74 bits per heavy atom. The smallest absolute Gasteiger partial charge is 0.226 e. The lowest BCUT2D eigenvalue weighted by molar-refractivity contribution is -0.139. The van der Waals surface area contributed by atoms with Crippen LogP contribution in [-0.4, -0.2) is 60.0 Å². The van der Waals surface area contributed by atoms with Crippen LogP contribution in [0.5, 0.6) is 5.75 Å². The number of likely N-dealkylation sites (tertiary alicyclic amines) is 2. The van der Waals surface area contributed by atoms with E-state index in [0.717, 1.165) is 76.3 Å². The molecule has 2 aliphatic rings. The molecular weight excluding hydrogens is 386 g/mol. The Bertz CT molecular complexity index is 842. The van der Waals surface area contributed by atoms with Gasteiger partial charge < -0.3 is 14.5 Å². The SMILES string of the molecule is Cc1ccccc1OC[C@H]1CCCN(C(=O)[C@H]2CCCN(CCc3ccccn3)C2)C1. The van der Waals surface area contributed by atoms with Crippen molar-refractivity contribution in [2.45, 2.75) is 39.0 Å². The van der Waals surface area contributed by atoms with Crippen molar-refractivity contribution in [1.82, 2.24) is 14.8 Å². The highest BCUT2D eigenvalue weighted by molar-refractivity contribution is 5.79. The molecule has 0 N–H and O–H groups in total. The molecular formula is C26H35N3O2. The Kier molecular flexibility index (Phi) is 7.57. The largest absolute Gasteiger partial charge is 0.493 e. The molecule has 31 heavy (non-hydrogen) atoms. The van der Waals surface area contributed by atoms with Gasteiger partial charge >= 0.3 is 0 Å². The van der Waals surface area contributed by atoms with Crippen molar-refractivity contribution in [2.75, 3.05) is 39.3 Å². The van der Waals surface area contributed by atoms with Crippen LogP contribution in [0.3, 0.4) is 0 Å². The lowest BCUT2D eigenvalue weighted by atomic mass is 9.93. The lowest BCUT2D eigenvalue weighted by Gasteiger charge is -2.38. The summed E-state index contributed by atoms with van der Waals surface area (Å²) < 4.78 is 6.09. The quantitative estimate of drug-likeness (QED) is 0.679. The summed E-state index contributed by atoms with van der Waals surface area (Å²) in [7, 11) is 0. The number of nitrogens with zero attached hydrogens (tertiary/aromatic N) is 3. The van der Waals surface area contributed by atoms with Gasteiger partial charge in [0.05, 0.1) is 12.5 Å². The van der Waals surface area contributed by atoms with Gasteiger partial charge in [-0.1, -0.05) is 24.3 Å². The molecule has 1 aromatic heterocycles. The summed E-state index contributed by atoms with van der Waals surface area (Å²) in [6.07, 6.45) is 7.13. The number of carbonyl (C=O) groups is 1. The number of hydrogen-bond acceptors (Lipinski definition) is 4. The fraction of sp³-hybridized carbons (Fsp3) is 0.538. The van der Waals surface area contributed by atoms with Crippen LogP contribution in [0.4, 0.5) is 0 Å². The molecule has 1 amide bonds. The molecule has 3 heterocycles. The summed E-state index contributed by atoms with van der Waals surface area (Å²) in [5.74, 6) is 1.86. The minimum Gasteiger partial charge on any atom is -0.493 e. The maximum atomic E-state index is 13.3. The van der Waals surface area contributed by atoms with Gasteiger partial charge in [0.15, 0.2) is 0 Å². The lowest BCUT2D eigenvalue weighted by Crippen LogP contribution is -2.48. The van der Waals surface area contributed by atoms with Crippen LogP contribution < -0.4 is 4.74 Å². The van der Waals surface area contributed by atoms with Crippen molar-refractivity contribution < 1.29 is 9.53 Å². The molecule has 5 nitrogen and oxygen atoms in total. The molecule has 0 bridgehead atoms. The van der Waals surface area contributed by atoms with Crippen LogP contribution in [0.15, 0.2) is 48.7 Å². The van der Waals surface area contributed by atoms with Crippen LogP contribution in [0, 0.1) is 18.8 Å². The van der Waals surface area contributed by atoms with Crippen molar-refractivity contribution in [2.24, 2.45) is 11.8 Å². The van der Waals surface area contributed by atoms with E-state index < -0.39 is 0 Å². The van der Waals surface area contributed by atoms with Crippen LogP contribution in [0.25, 0.3) is 0 Å². The Labute approximate surface area is 186 Å². The molecule has 4 rings (SSSR count). The fourth-order valence-electron chi connectivity index (χ4n) is 4.86. The van der Waals surface area contributed by atoms with Crippen LogP contribution in [-0.2, 0) is 11.2 Å². The highest BCUT2D eigenvalue weighted by atomic mass is 16.5. The van der Waals surface area contributed by atoms with Gasteiger partial charge in [0.25, 0.3) is 0 Å². The number of ether oxygens (including phenoxy) is 1. The first-order valence-electron chi connectivity index (χ1n) is 11.8. The zero-order valence-corrected chi connectivity index (χ0v) is 18.7. The molecule has 0 unspecified atom stereocenters. The number of piperidine rings is 2. The minimum atomic E-state index is 0.133. The van der Waals surface area contributed by atoms with Gasteiger partial charge in [-0.25, -0.2) is 0 Å². The van der Waals surface area contributed by atoms with Gasteiger partial charge in [-0.2, -0.15) is 0 Å². The van der Waals surface area contributed by atoms with Gasteiger partial charge in [-0.15, -0.1) is 0 Å². The molecule has 2 saturated heterocycles. The van der Waals surface area contributed by atoms with E-state index in [1.807, 2.05) is 36.5 Å². The first kappa shape index (κ1) is 21.8. The second-order valence-electron chi connectivity index (χ2n) is 9.08. The van der Waals surface area contributed by atoms with E-state index in [4.69, 9.17) is 4.74 Å². The summed E-state index contributed by atoms with van der Waals surface area (Å²) in [5, 5.41) is 0. The Balaban J connectivity index is 1.26. The van der Waals surface area contributed by atoms with Crippen LogP contribution in [0.2, 0.25) is 0 Å². The minimum absolute atomic E-state index is 0.133. The number of benzene rings is 1. The van der Waals surface area contributed by atoms with Crippen molar-refractivity contribution in [3.8, 4) is 5.75 Å². The second-order valence-corrected chi connectivity index (χ2v) is 9.08. The normalized spacial score (nSPS) is 22.3. The third-order valence-electron chi connectivity index (χ3n) is 6.66. The van der Waals surface area contributed by atoms with Crippen molar-refractivity contribution in [3.05, 3.63) is 59.9 Å². The Morgan fingerprint density at radius 2 is 1.90 bits per heavy atom. The number of aryl methyl sites for hydroxylation is 1. The molecule has 2 fully saturated rings. The molecule has 2 aromatic rings.